The number of allylic oxidation sites excluding steroid dienone is 1. The molecular weight excluding hydrogens is 660 g/mol. The topological polar surface area (TPSA) is 97.6 Å². The van der Waals surface area contributed by atoms with Crippen molar-refractivity contribution in [1.29, 1.82) is 0 Å². The number of methoxy groups -OCH3 is 2. The molecule has 0 N–H and O–H groups in total. The molecule has 0 saturated carbocycles. The number of carbonyl (C=O) groups excluding carboxylic acids is 1. The number of hydrogen-bond acceptors (Lipinski definition) is 9. The fourth-order valence-electron chi connectivity index (χ4n) is 5.14. The summed E-state index contributed by atoms with van der Waals surface area (Å²) in [4.78, 5) is 32.7. The Kier molecular flexibility index (Phi) is 10.1. The number of esters is 1. The van der Waals surface area contributed by atoms with Gasteiger partial charge >= 0.3 is 5.97 Å². The van der Waals surface area contributed by atoms with Crippen LogP contribution in [0.1, 0.15) is 43.5 Å². The van der Waals surface area contributed by atoms with E-state index in [0.717, 1.165) is 5.56 Å². The fourth-order valence-corrected chi connectivity index (χ4v) is 6.76. The van der Waals surface area contributed by atoms with Gasteiger partial charge in [0.25, 0.3) is 5.56 Å². The molecule has 3 aromatic carbocycles. The Labute approximate surface area is 273 Å². The van der Waals surface area contributed by atoms with Crippen molar-refractivity contribution in [2.45, 2.75) is 33.4 Å². The lowest BCUT2D eigenvalue weighted by Gasteiger charge is -2.26. The first-order valence-electron chi connectivity index (χ1n) is 14.3. The minimum atomic E-state index is -0.853. The monoisotopic (exact) mass is 692 g/mol. The maximum atomic E-state index is 14.2. The van der Waals surface area contributed by atoms with Crippen molar-refractivity contribution in [1.82, 2.24) is 4.57 Å². The number of carbonyl (C=O) groups is 1. The molecule has 1 aromatic heterocycles. The van der Waals surface area contributed by atoms with E-state index >= 15 is 0 Å². The van der Waals surface area contributed by atoms with Crippen molar-refractivity contribution in [3.63, 3.8) is 0 Å². The molecule has 0 spiro atoms. The van der Waals surface area contributed by atoms with Crippen LogP contribution >= 0.6 is 27.3 Å². The van der Waals surface area contributed by atoms with Crippen LogP contribution in [-0.2, 0) is 16.1 Å². The van der Waals surface area contributed by atoms with E-state index in [-0.39, 0.29) is 17.7 Å². The molecule has 5 rings (SSSR count). The molecule has 0 radical (unpaired) electrons. The minimum absolute atomic E-state index is 0.172. The standard InChI is InChI=1S/C34H33BrN2O7S/c1-6-42-30-23(14-11-15-25(30)40-4)29-28(33(39)43-7-2)20(3)36-34-37(29)32(38)27(45-34)18-22-16-24(35)31(26(17-22)41-5)44-19-21-12-9-8-10-13-21/h8-18,29H,6-7,19H2,1-5H3/b27-18+/t29-/m0/s1. The number of halogens is 1. The second kappa shape index (κ2) is 14.2. The Morgan fingerprint density at radius 2 is 1.73 bits per heavy atom. The summed E-state index contributed by atoms with van der Waals surface area (Å²) in [6, 6.07) is 18.1. The average Bonchev–Trinajstić information content (AvgIpc) is 3.34. The number of hydrogen-bond donors (Lipinski definition) is 0. The van der Waals surface area contributed by atoms with E-state index in [2.05, 4.69) is 20.9 Å². The van der Waals surface area contributed by atoms with Gasteiger partial charge in [-0.15, -0.1) is 0 Å². The summed E-state index contributed by atoms with van der Waals surface area (Å²) >= 11 is 4.85. The van der Waals surface area contributed by atoms with Crippen LogP contribution in [0.5, 0.6) is 23.0 Å². The lowest BCUT2D eigenvalue weighted by molar-refractivity contribution is -0.139. The Hall–Kier alpha value is -4.35. The van der Waals surface area contributed by atoms with Gasteiger partial charge in [0.2, 0.25) is 0 Å². The van der Waals surface area contributed by atoms with Crippen LogP contribution in [0.4, 0.5) is 0 Å². The van der Waals surface area contributed by atoms with Gasteiger partial charge in [0.15, 0.2) is 27.8 Å². The molecule has 0 saturated heterocycles. The number of fused-ring (bicyclic) bond motifs is 1. The summed E-state index contributed by atoms with van der Waals surface area (Å²) in [6.45, 7) is 6.23. The summed E-state index contributed by atoms with van der Waals surface area (Å²) < 4.78 is 31.4. The van der Waals surface area contributed by atoms with Gasteiger partial charge in [-0.1, -0.05) is 53.8 Å². The van der Waals surface area contributed by atoms with Gasteiger partial charge in [-0.05, 0) is 72.1 Å². The summed E-state index contributed by atoms with van der Waals surface area (Å²) in [7, 11) is 3.11. The van der Waals surface area contributed by atoms with Gasteiger partial charge in [-0.2, -0.15) is 0 Å². The van der Waals surface area contributed by atoms with Crippen LogP contribution in [0.15, 0.2) is 86.2 Å². The Morgan fingerprint density at radius 1 is 0.978 bits per heavy atom. The van der Waals surface area contributed by atoms with Crippen LogP contribution in [0.3, 0.4) is 0 Å². The first-order chi connectivity index (χ1) is 21.8. The molecule has 0 bridgehead atoms. The molecule has 45 heavy (non-hydrogen) atoms. The fraction of sp³-hybridized carbons (Fsp3) is 0.265. The number of thiazole rings is 1. The normalized spacial score (nSPS) is 14.4. The molecule has 0 amide bonds. The lowest BCUT2D eigenvalue weighted by atomic mass is 9.94. The summed E-state index contributed by atoms with van der Waals surface area (Å²) in [5, 5.41) is 0. The molecule has 1 aliphatic rings. The van der Waals surface area contributed by atoms with E-state index in [4.69, 9.17) is 23.7 Å². The van der Waals surface area contributed by atoms with E-state index < -0.39 is 12.0 Å². The van der Waals surface area contributed by atoms with Crippen molar-refractivity contribution in [2.24, 2.45) is 4.99 Å². The highest BCUT2D eigenvalue weighted by molar-refractivity contribution is 9.10. The van der Waals surface area contributed by atoms with Gasteiger partial charge in [-0.25, -0.2) is 9.79 Å². The van der Waals surface area contributed by atoms with Gasteiger partial charge in [-0.3, -0.25) is 9.36 Å². The molecular formula is C34H33BrN2O7S. The van der Waals surface area contributed by atoms with Gasteiger partial charge in [0.1, 0.15) is 12.6 Å². The van der Waals surface area contributed by atoms with Crippen LogP contribution in [-0.4, -0.2) is 38.0 Å². The van der Waals surface area contributed by atoms with Crippen molar-refractivity contribution in [3.8, 4) is 23.0 Å². The molecule has 4 aromatic rings. The van der Waals surface area contributed by atoms with Gasteiger partial charge in [0.05, 0.1) is 47.7 Å². The Balaban J connectivity index is 1.64. The number of aromatic nitrogens is 1. The molecule has 11 heteroatoms. The lowest BCUT2D eigenvalue weighted by Crippen LogP contribution is -2.40. The summed E-state index contributed by atoms with van der Waals surface area (Å²) in [5.74, 6) is 1.44. The first-order valence-corrected chi connectivity index (χ1v) is 16.0. The number of rotatable bonds is 11. The van der Waals surface area contributed by atoms with Crippen molar-refractivity contribution in [3.05, 3.63) is 113 Å². The van der Waals surface area contributed by atoms with Gasteiger partial charge < -0.3 is 23.7 Å². The number of nitrogens with zero attached hydrogens (tertiary/aromatic N) is 2. The van der Waals surface area contributed by atoms with Crippen molar-refractivity contribution in [2.75, 3.05) is 27.4 Å². The van der Waals surface area contributed by atoms with E-state index in [1.165, 1.54) is 15.9 Å². The maximum Gasteiger partial charge on any atom is 0.338 e. The third-order valence-corrected chi connectivity index (χ3v) is 8.68. The third-order valence-electron chi connectivity index (χ3n) is 7.11. The van der Waals surface area contributed by atoms with Crippen molar-refractivity contribution < 1.29 is 28.5 Å². The smallest absolute Gasteiger partial charge is 0.338 e. The maximum absolute atomic E-state index is 14.2. The van der Waals surface area contributed by atoms with E-state index in [1.807, 2.05) is 55.5 Å². The van der Waals surface area contributed by atoms with Gasteiger partial charge in [0, 0.05) is 5.56 Å². The number of ether oxygens (including phenoxy) is 5. The summed E-state index contributed by atoms with van der Waals surface area (Å²) in [6.07, 6.45) is 1.77. The molecule has 1 atom stereocenters. The van der Waals surface area contributed by atoms with E-state index in [0.29, 0.717) is 66.8 Å². The predicted molar refractivity (Wildman–Crippen MR) is 176 cm³/mol. The van der Waals surface area contributed by atoms with Crippen LogP contribution in [0.2, 0.25) is 0 Å². The summed E-state index contributed by atoms with van der Waals surface area (Å²) in [5.41, 5.74) is 2.72. The Bertz CT molecular complexity index is 1930. The first kappa shape index (κ1) is 32.1. The van der Waals surface area contributed by atoms with Crippen LogP contribution in [0.25, 0.3) is 6.08 Å². The molecule has 9 nitrogen and oxygen atoms in total. The SMILES string of the molecule is CCOC(=O)C1=C(C)N=c2s/c(=C/c3cc(Br)c(OCc4ccccc4)c(OC)c3)c(=O)n2[C@H]1c1cccc(OC)c1OCC. The zero-order valence-electron chi connectivity index (χ0n) is 25.6. The van der Waals surface area contributed by atoms with Crippen molar-refractivity contribution >= 4 is 39.3 Å². The highest BCUT2D eigenvalue weighted by Gasteiger charge is 2.36. The molecule has 2 heterocycles. The Morgan fingerprint density at radius 3 is 2.42 bits per heavy atom. The predicted octanol–water partition coefficient (Wildman–Crippen LogP) is 5.56. The third kappa shape index (κ3) is 6.55. The quantitative estimate of drug-likeness (QED) is 0.190. The largest absolute Gasteiger partial charge is 0.493 e. The second-order valence-electron chi connectivity index (χ2n) is 9.92. The molecule has 0 fully saturated rings. The van der Waals surface area contributed by atoms with E-state index in [1.54, 1.807) is 46.3 Å². The zero-order valence-corrected chi connectivity index (χ0v) is 28.0. The number of para-hydroxylation sites is 1. The molecule has 0 aliphatic carbocycles. The van der Waals surface area contributed by atoms with Crippen LogP contribution in [0, 0.1) is 0 Å². The average molecular weight is 694 g/mol. The molecule has 234 valence electrons. The zero-order chi connectivity index (χ0) is 32.1. The molecule has 1 aliphatic heterocycles. The highest BCUT2D eigenvalue weighted by Crippen LogP contribution is 2.41. The highest BCUT2D eigenvalue weighted by atomic mass is 79.9. The number of benzene rings is 3. The minimum Gasteiger partial charge on any atom is -0.493 e. The molecule has 0 unspecified atom stereocenters. The second-order valence-corrected chi connectivity index (χ2v) is 11.8. The van der Waals surface area contributed by atoms with E-state index in [9.17, 15) is 9.59 Å². The van der Waals surface area contributed by atoms with Crippen LogP contribution < -0.4 is 33.8 Å².